The molecule has 0 aliphatic rings. The van der Waals surface area contributed by atoms with Crippen molar-refractivity contribution in [2.24, 2.45) is 0 Å². The Morgan fingerprint density at radius 1 is 0.719 bits per heavy atom. The standard InChI is InChI=1S/C29H22N2O/c1-20-11-13-22(14-12-20)29-28-18-23-17-24(32-19-21-7-3-2-4-8-21)15-16-26(23)31(28)27-10-6-5-9-25(27)30-29/h2-18H,19H2,1H3. The average Bonchev–Trinajstić information content (AvgIpc) is 3.22. The normalized spacial score (nSPS) is 11.4. The van der Waals surface area contributed by atoms with Gasteiger partial charge in [0, 0.05) is 10.9 Å². The SMILES string of the molecule is Cc1ccc(-c2nc3ccccc3n3c2cc2cc(OCc4ccccc4)ccc23)cc1. The molecule has 0 fully saturated rings. The largest absolute Gasteiger partial charge is 0.489 e. The molecule has 154 valence electrons. The van der Waals surface area contributed by atoms with E-state index in [1.807, 2.05) is 24.3 Å². The second-order valence-corrected chi connectivity index (χ2v) is 8.18. The van der Waals surface area contributed by atoms with Crippen molar-refractivity contribution in [1.29, 1.82) is 0 Å². The van der Waals surface area contributed by atoms with Gasteiger partial charge in [-0.3, -0.25) is 0 Å². The van der Waals surface area contributed by atoms with Crippen LogP contribution in [0, 0.1) is 6.92 Å². The molecule has 3 nitrogen and oxygen atoms in total. The van der Waals surface area contributed by atoms with E-state index in [4.69, 9.17) is 9.72 Å². The summed E-state index contributed by atoms with van der Waals surface area (Å²) in [4.78, 5) is 5.04. The van der Waals surface area contributed by atoms with Gasteiger partial charge in [0.15, 0.2) is 0 Å². The third-order valence-corrected chi connectivity index (χ3v) is 5.94. The van der Waals surface area contributed by atoms with Crippen LogP contribution in [-0.2, 0) is 6.61 Å². The Morgan fingerprint density at radius 2 is 1.50 bits per heavy atom. The summed E-state index contributed by atoms with van der Waals surface area (Å²) >= 11 is 0. The lowest BCUT2D eigenvalue weighted by atomic mass is 10.1. The Balaban J connectivity index is 1.53. The molecule has 4 aromatic carbocycles. The summed E-state index contributed by atoms with van der Waals surface area (Å²) in [5, 5.41) is 1.14. The molecule has 6 rings (SSSR count). The minimum atomic E-state index is 0.554. The molecule has 0 amide bonds. The molecular formula is C29H22N2O. The molecule has 0 saturated carbocycles. The summed E-state index contributed by atoms with van der Waals surface area (Å²) < 4.78 is 8.40. The number of fused-ring (bicyclic) bond motifs is 5. The van der Waals surface area contributed by atoms with Crippen molar-refractivity contribution in [3.8, 4) is 17.0 Å². The van der Waals surface area contributed by atoms with Crippen LogP contribution < -0.4 is 4.74 Å². The number of aryl methyl sites for hydroxylation is 1. The van der Waals surface area contributed by atoms with Crippen LogP contribution in [0.5, 0.6) is 5.75 Å². The first-order valence-electron chi connectivity index (χ1n) is 10.8. The van der Waals surface area contributed by atoms with Crippen molar-refractivity contribution < 1.29 is 4.74 Å². The molecule has 0 bridgehead atoms. The fraction of sp³-hybridized carbons (Fsp3) is 0.0690. The lowest BCUT2D eigenvalue weighted by Crippen LogP contribution is -1.96. The van der Waals surface area contributed by atoms with E-state index in [2.05, 4.69) is 90.2 Å². The molecule has 0 unspecified atom stereocenters. The molecule has 0 spiro atoms. The minimum Gasteiger partial charge on any atom is -0.489 e. The second kappa shape index (κ2) is 7.54. The van der Waals surface area contributed by atoms with Gasteiger partial charge in [0.1, 0.15) is 12.4 Å². The molecule has 0 aliphatic carbocycles. The van der Waals surface area contributed by atoms with Crippen molar-refractivity contribution in [2.45, 2.75) is 13.5 Å². The Labute approximate surface area is 186 Å². The molecule has 6 aromatic rings. The maximum atomic E-state index is 6.09. The van der Waals surface area contributed by atoms with E-state index in [-0.39, 0.29) is 0 Å². The smallest absolute Gasteiger partial charge is 0.120 e. The maximum Gasteiger partial charge on any atom is 0.120 e. The van der Waals surface area contributed by atoms with Crippen LogP contribution in [0.15, 0.2) is 103 Å². The van der Waals surface area contributed by atoms with Crippen LogP contribution in [0.3, 0.4) is 0 Å². The van der Waals surface area contributed by atoms with Crippen LogP contribution in [0.1, 0.15) is 11.1 Å². The lowest BCUT2D eigenvalue weighted by molar-refractivity contribution is 0.306. The molecule has 2 aromatic heterocycles. The summed E-state index contributed by atoms with van der Waals surface area (Å²) in [6, 6.07) is 35.7. The first-order valence-corrected chi connectivity index (χ1v) is 10.8. The quantitative estimate of drug-likeness (QED) is 0.305. The van der Waals surface area contributed by atoms with E-state index in [0.717, 1.165) is 50.0 Å². The highest BCUT2D eigenvalue weighted by Crippen LogP contribution is 2.33. The van der Waals surface area contributed by atoms with Gasteiger partial charge in [-0.15, -0.1) is 0 Å². The van der Waals surface area contributed by atoms with E-state index in [0.29, 0.717) is 6.61 Å². The molecule has 32 heavy (non-hydrogen) atoms. The highest BCUT2D eigenvalue weighted by atomic mass is 16.5. The molecule has 3 heteroatoms. The molecule has 0 aliphatic heterocycles. The fourth-order valence-electron chi connectivity index (χ4n) is 4.31. The van der Waals surface area contributed by atoms with E-state index in [9.17, 15) is 0 Å². The number of aromatic nitrogens is 2. The zero-order chi connectivity index (χ0) is 21.5. The highest BCUT2D eigenvalue weighted by Gasteiger charge is 2.14. The van der Waals surface area contributed by atoms with Gasteiger partial charge in [-0.1, -0.05) is 72.3 Å². The summed E-state index contributed by atoms with van der Waals surface area (Å²) in [5.41, 5.74) is 8.85. The molecule has 0 saturated heterocycles. The van der Waals surface area contributed by atoms with Gasteiger partial charge in [0.2, 0.25) is 0 Å². The summed E-state index contributed by atoms with van der Waals surface area (Å²) in [6.45, 7) is 2.66. The van der Waals surface area contributed by atoms with Crippen molar-refractivity contribution in [3.63, 3.8) is 0 Å². The van der Waals surface area contributed by atoms with Crippen molar-refractivity contribution in [2.75, 3.05) is 0 Å². The molecule has 0 N–H and O–H groups in total. The predicted octanol–water partition coefficient (Wildman–Crippen LogP) is 7.20. The predicted molar refractivity (Wildman–Crippen MR) is 131 cm³/mol. The molecular weight excluding hydrogens is 392 g/mol. The Bertz CT molecular complexity index is 1560. The number of hydrogen-bond donors (Lipinski definition) is 0. The van der Waals surface area contributed by atoms with Crippen LogP contribution in [0.4, 0.5) is 0 Å². The van der Waals surface area contributed by atoms with Crippen LogP contribution in [0.2, 0.25) is 0 Å². The van der Waals surface area contributed by atoms with Gasteiger partial charge in [0.25, 0.3) is 0 Å². The van der Waals surface area contributed by atoms with Gasteiger partial charge in [-0.2, -0.15) is 0 Å². The summed E-state index contributed by atoms with van der Waals surface area (Å²) in [6.07, 6.45) is 0. The number of para-hydroxylation sites is 2. The van der Waals surface area contributed by atoms with E-state index in [1.165, 1.54) is 5.56 Å². The molecule has 0 atom stereocenters. The van der Waals surface area contributed by atoms with Gasteiger partial charge in [0.05, 0.1) is 27.8 Å². The van der Waals surface area contributed by atoms with Gasteiger partial charge in [-0.25, -0.2) is 4.98 Å². The third-order valence-electron chi connectivity index (χ3n) is 5.94. The lowest BCUT2D eigenvalue weighted by Gasteiger charge is -2.10. The topological polar surface area (TPSA) is 26.5 Å². The van der Waals surface area contributed by atoms with E-state index < -0.39 is 0 Å². The number of benzene rings is 4. The Hall–Kier alpha value is -4.11. The third kappa shape index (κ3) is 3.19. The van der Waals surface area contributed by atoms with Crippen LogP contribution in [0.25, 0.3) is 38.7 Å². The van der Waals surface area contributed by atoms with E-state index in [1.54, 1.807) is 0 Å². The first-order chi connectivity index (χ1) is 15.8. The van der Waals surface area contributed by atoms with Crippen LogP contribution in [-0.4, -0.2) is 9.38 Å². The Morgan fingerprint density at radius 3 is 2.34 bits per heavy atom. The molecule has 2 heterocycles. The first kappa shape index (κ1) is 18.6. The molecule has 0 radical (unpaired) electrons. The summed E-state index contributed by atoms with van der Waals surface area (Å²) in [5.74, 6) is 0.867. The number of hydrogen-bond acceptors (Lipinski definition) is 2. The van der Waals surface area contributed by atoms with Gasteiger partial charge >= 0.3 is 0 Å². The zero-order valence-electron chi connectivity index (χ0n) is 17.8. The Kier molecular flexibility index (Phi) is 4.39. The average molecular weight is 415 g/mol. The number of rotatable bonds is 4. The zero-order valence-corrected chi connectivity index (χ0v) is 17.8. The van der Waals surface area contributed by atoms with Crippen molar-refractivity contribution in [3.05, 3.63) is 114 Å². The van der Waals surface area contributed by atoms with E-state index >= 15 is 0 Å². The monoisotopic (exact) mass is 414 g/mol. The van der Waals surface area contributed by atoms with Gasteiger partial charge < -0.3 is 9.14 Å². The minimum absolute atomic E-state index is 0.554. The fourth-order valence-corrected chi connectivity index (χ4v) is 4.31. The highest BCUT2D eigenvalue weighted by molar-refractivity contribution is 5.98. The maximum absolute atomic E-state index is 6.09. The summed E-state index contributed by atoms with van der Waals surface area (Å²) in [7, 11) is 0. The second-order valence-electron chi connectivity index (χ2n) is 8.18. The number of nitrogens with zero attached hydrogens (tertiary/aromatic N) is 2. The van der Waals surface area contributed by atoms with Gasteiger partial charge in [-0.05, 0) is 48.9 Å². The van der Waals surface area contributed by atoms with Crippen molar-refractivity contribution >= 4 is 27.5 Å². The number of ether oxygens (including phenoxy) is 1. The van der Waals surface area contributed by atoms with Crippen LogP contribution >= 0.6 is 0 Å². The van der Waals surface area contributed by atoms with Crippen molar-refractivity contribution in [1.82, 2.24) is 9.38 Å².